The first-order chi connectivity index (χ1) is 16.0. The number of carbonyl (C=O) groups excluding carboxylic acids is 1. The van der Waals surface area contributed by atoms with Crippen LogP contribution >= 0.6 is 0 Å². The second-order valence-corrected chi connectivity index (χ2v) is 8.25. The van der Waals surface area contributed by atoms with Crippen LogP contribution in [0.1, 0.15) is 35.5 Å². The van der Waals surface area contributed by atoms with Gasteiger partial charge >= 0.3 is 6.03 Å². The summed E-state index contributed by atoms with van der Waals surface area (Å²) < 4.78 is 5.76. The molecular formula is C27H24N4O2. The summed E-state index contributed by atoms with van der Waals surface area (Å²) in [6.45, 7) is 5.99. The van der Waals surface area contributed by atoms with Gasteiger partial charge in [-0.15, -0.1) is 0 Å². The molecule has 164 valence electrons. The van der Waals surface area contributed by atoms with Crippen molar-refractivity contribution in [1.29, 1.82) is 0 Å². The van der Waals surface area contributed by atoms with Crippen LogP contribution in [0.25, 0.3) is 17.0 Å². The number of allylic oxidation sites excluding steroid dienone is 1. The summed E-state index contributed by atoms with van der Waals surface area (Å²) in [7, 11) is 0. The number of nitrogens with zero attached hydrogens (tertiary/aromatic N) is 3. The highest BCUT2D eigenvalue weighted by Gasteiger charge is 2.36. The predicted octanol–water partition coefficient (Wildman–Crippen LogP) is 6.06. The zero-order chi connectivity index (χ0) is 22.9. The third kappa shape index (κ3) is 3.91. The number of amides is 2. The van der Waals surface area contributed by atoms with Gasteiger partial charge in [0.05, 0.1) is 17.3 Å². The van der Waals surface area contributed by atoms with E-state index >= 15 is 0 Å². The summed E-state index contributed by atoms with van der Waals surface area (Å²) in [5.74, 6) is 0.894. The molecule has 0 spiro atoms. The van der Waals surface area contributed by atoms with Gasteiger partial charge in [-0.25, -0.2) is 4.79 Å². The molecule has 1 unspecified atom stereocenters. The molecule has 0 saturated heterocycles. The lowest BCUT2D eigenvalue weighted by atomic mass is 9.94. The van der Waals surface area contributed by atoms with Crippen LogP contribution in [0.4, 0.5) is 10.5 Å². The number of carbonyl (C=O) groups is 1. The first-order valence-corrected chi connectivity index (χ1v) is 10.9. The van der Waals surface area contributed by atoms with E-state index in [0.717, 1.165) is 39.2 Å². The lowest BCUT2D eigenvalue weighted by Gasteiger charge is -2.35. The molecule has 1 aromatic heterocycles. The minimum Gasteiger partial charge on any atom is -0.334 e. The van der Waals surface area contributed by atoms with E-state index < -0.39 is 6.04 Å². The smallest absolute Gasteiger partial charge is 0.326 e. The average Bonchev–Trinajstić information content (AvgIpc) is 3.30. The molecule has 3 aromatic carbocycles. The van der Waals surface area contributed by atoms with Gasteiger partial charge in [0.15, 0.2) is 0 Å². The van der Waals surface area contributed by atoms with Gasteiger partial charge < -0.3 is 9.84 Å². The third-order valence-corrected chi connectivity index (χ3v) is 5.88. The Bertz CT molecular complexity index is 1320. The lowest BCUT2D eigenvalue weighted by molar-refractivity contribution is 0.244. The Kier molecular flexibility index (Phi) is 5.26. The van der Waals surface area contributed by atoms with E-state index in [9.17, 15) is 4.79 Å². The maximum absolute atomic E-state index is 13.2. The summed E-state index contributed by atoms with van der Waals surface area (Å²) in [4.78, 5) is 19.6. The summed E-state index contributed by atoms with van der Waals surface area (Å²) >= 11 is 0. The topological polar surface area (TPSA) is 71.3 Å². The van der Waals surface area contributed by atoms with E-state index in [2.05, 4.69) is 10.5 Å². The van der Waals surface area contributed by atoms with Gasteiger partial charge in [-0.2, -0.15) is 4.98 Å². The van der Waals surface area contributed by atoms with Gasteiger partial charge in [0, 0.05) is 11.3 Å². The molecule has 6 nitrogen and oxygen atoms in total. The SMILES string of the molecule is CC1=C(c2nc(-c3ccc(C)cc3)no2)C(c2ccc(C)cc2)NC(=O)N1c1ccccc1. The zero-order valence-corrected chi connectivity index (χ0v) is 18.7. The number of nitrogens with one attached hydrogen (secondary N) is 1. The fraction of sp³-hybridized carbons (Fsp3) is 0.148. The van der Waals surface area contributed by atoms with Gasteiger partial charge in [0.25, 0.3) is 5.89 Å². The normalized spacial score (nSPS) is 16.2. The van der Waals surface area contributed by atoms with E-state index in [0.29, 0.717) is 11.7 Å². The van der Waals surface area contributed by atoms with Crippen molar-refractivity contribution in [2.45, 2.75) is 26.8 Å². The monoisotopic (exact) mass is 436 g/mol. The molecule has 1 N–H and O–H groups in total. The molecule has 6 heteroatoms. The molecule has 4 aromatic rings. The van der Waals surface area contributed by atoms with Crippen LogP contribution < -0.4 is 10.2 Å². The van der Waals surface area contributed by atoms with Crippen molar-refractivity contribution in [1.82, 2.24) is 15.5 Å². The summed E-state index contributed by atoms with van der Waals surface area (Å²) in [5, 5.41) is 7.37. The second-order valence-electron chi connectivity index (χ2n) is 8.25. The van der Waals surface area contributed by atoms with Crippen molar-refractivity contribution < 1.29 is 9.32 Å². The van der Waals surface area contributed by atoms with Crippen LogP contribution in [0.5, 0.6) is 0 Å². The van der Waals surface area contributed by atoms with Crippen molar-refractivity contribution in [3.63, 3.8) is 0 Å². The highest BCUT2D eigenvalue weighted by molar-refractivity contribution is 6.01. The Labute approximate surface area is 192 Å². The van der Waals surface area contributed by atoms with Crippen LogP contribution in [0.2, 0.25) is 0 Å². The van der Waals surface area contributed by atoms with E-state index in [1.165, 1.54) is 0 Å². The van der Waals surface area contributed by atoms with Crippen LogP contribution in [0.3, 0.4) is 0 Å². The Balaban J connectivity index is 1.64. The molecule has 2 amide bonds. The van der Waals surface area contributed by atoms with Crippen molar-refractivity contribution in [2.24, 2.45) is 0 Å². The zero-order valence-electron chi connectivity index (χ0n) is 18.7. The fourth-order valence-electron chi connectivity index (χ4n) is 4.07. The Hall–Kier alpha value is -4.19. The van der Waals surface area contributed by atoms with Gasteiger partial charge in [-0.1, -0.05) is 83.0 Å². The Morgan fingerprint density at radius 3 is 2.15 bits per heavy atom. The number of para-hydroxylation sites is 1. The molecule has 5 rings (SSSR count). The van der Waals surface area contributed by atoms with Crippen molar-refractivity contribution in [3.05, 3.63) is 107 Å². The first-order valence-electron chi connectivity index (χ1n) is 10.9. The van der Waals surface area contributed by atoms with Gasteiger partial charge in [-0.3, -0.25) is 4.90 Å². The second kappa shape index (κ2) is 8.39. The Morgan fingerprint density at radius 2 is 1.48 bits per heavy atom. The summed E-state index contributed by atoms with van der Waals surface area (Å²) in [6, 6.07) is 25.0. The molecule has 2 heterocycles. The van der Waals surface area contributed by atoms with Crippen molar-refractivity contribution in [2.75, 3.05) is 4.90 Å². The maximum atomic E-state index is 13.2. The van der Waals surface area contributed by atoms with Crippen molar-refractivity contribution in [3.8, 4) is 11.4 Å². The summed E-state index contributed by atoms with van der Waals surface area (Å²) in [6.07, 6.45) is 0. The number of aromatic nitrogens is 2. The highest BCUT2D eigenvalue weighted by Crippen LogP contribution is 2.39. The van der Waals surface area contributed by atoms with Crippen LogP contribution in [0.15, 0.2) is 89.1 Å². The van der Waals surface area contributed by atoms with Gasteiger partial charge in [0.2, 0.25) is 5.82 Å². The number of hydrogen-bond acceptors (Lipinski definition) is 4. The Morgan fingerprint density at radius 1 is 0.848 bits per heavy atom. The molecule has 0 aliphatic carbocycles. The van der Waals surface area contributed by atoms with E-state index in [1.54, 1.807) is 4.90 Å². The van der Waals surface area contributed by atoms with Crippen LogP contribution in [0, 0.1) is 13.8 Å². The number of benzene rings is 3. The minimum atomic E-state index is -0.413. The maximum Gasteiger partial charge on any atom is 0.326 e. The predicted molar refractivity (Wildman–Crippen MR) is 128 cm³/mol. The molecule has 1 aliphatic heterocycles. The average molecular weight is 437 g/mol. The first kappa shape index (κ1) is 20.7. The van der Waals surface area contributed by atoms with Crippen LogP contribution in [-0.2, 0) is 0 Å². The van der Waals surface area contributed by atoms with E-state index in [4.69, 9.17) is 9.51 Å². The number of hydrogen-bond donors (Lipinski definition) is 1. The van der Waals surface area contributed by atoms with Gasteiger partial charge in [-0.05, 0) is 38.5 Å². The summed E-state index contributed by atoms with van der Waals surface area (Å²) in [5.41, 5.74) is 6.42. The number of anilines is 1. The molecule has 0 radical (unpaired) electrons. The largest absolute Gasteiger partial charge is 0.334 e. The van der Waals surface area contributed by atoms with E-state index in [-0.39, 0.29) is 6.03 Å². The van der Waals surface area contributed by atoms with Gasteiger partial charge in [0.1, 0.15) is 0 Å². The quantitative estimate of drug-likeness (QED) is 0.422. The molecule has 0 saturated carbocycles. The molecule has 33 heavy (non-hydrogen) atoms. The molecular weight excluding hydrogens is 412 g/mol. The minimum absolute atomic E-state index is 0.203. The fourth-order valence-corrected chi connectivity index (χ4v) is 4.07. The van der Waals surface area contributed by atoms with E-state index in [1.807, 2.05) is 99.6 Å². The molecule has 1 aliphatic rings. The number of urea groups is 1. The highest BCUT2D eigenvalue weighted by atomic mass is 16.5. The molecule has 1 atom stereocenters. The lowest BCUT2D eigenvalue weighted by Crippen LogP contribution is -2.46. The molecule has 0 fully saturated rings. The van der Waals surface area contributed by atoms with Crippen molar-refractivity contribution >= 4 is 17.3 Å². The standard InChI is InChI=1S/C27H24N4O2/c1-17-9-13-20(14-10-17)24-23(19(3)31(27(32)28-24)22-7-5-4-6-8-22)26-29-25(30-33-26)21-15-11-18(2)12-16-21/h4-16,24H,1-3H3,(H,28,32). The molecule has 0 bridgehead atoms. The van der Waals surface area contributed by atoms with Crippen LogP contribution in [-0.4, -0.2) is 16.2 Å². The number of rotatable bonds is 4. The number of aryl methyl sites for hydroxylation is 2. The third-order valence-electron chi connectivity index (χ3n) is 5.88.